The first-order chi connectivity index (χ1) is 20.2. The summed E-state index contributed by atoms with van der Waals surface area (Å²) in [5.74, 6) is 2.11. The molecule has 0 bridgehead atoms. The maximum Gasteiger partial charge on any atom is 0.229 e. The second-order valence-electron chi connectivity index (χ2n) is 10.5. The van der Waals surface area contributed by atoms with E-state index >= 15 is 0 Å². The summed E-state index contributed by atoms with van der Waals surface area (Å²) < 4.78 is 38.5. The molecule has 4 aromatic carbocycles. The van der Waals surface area contributed by atoms with E-state index in [2.05, 4.69) is 27.1 Å². The van der Waals surface area contributed by atoms with Crippen LogP contribution in [0, 0.1) is 6.92 Å². The van der Waals surface area contributed by atoms with Crippen molar-refractivity contribution in [2.45, 2.75) is 38.9 Å². The van der Waals surface area contributed by atoms with Crippen molar-refractivity contribution < 1.29 is 22.7 Å². The average molecular weight is 586 g/mol. The zero-order valence-electron chi connectivity index (χ0n) is 23.7. The number of nitrogens with one attached hydrogen (secondary N) is 2. The molecule has 9 heteroatoms. The Bertz CT molecular complexity index is 1630. The Hall–Kier alpha value is -4.50. The zero-order valence-corrected chi connectivity index (χ0v) is 24.6. The van der Waals surface area contributed by atoms with Crippen LogP contribution in [0.25, 0.3) is 0 Å². The third-order valence-corrected chi connectivity index (χ3v) is 7.62. The first-order valence-corrected chi connectivity index (χ1v) is 15.8. The van der Waals surface area contributed by atoms with Gasteiger partial charge in [0.05, 0.1) is 18.0 Å². The van der Waals surface area contributed by atoms with Gasteiger partial charge in [-0.2, -0.15) is 0 Å². The van der Waals surface area contributed by atoms with E-state index < -0.39 is 10.0 Å². The van der Waals surface area contributed by atoms with Crippen LogP contribution >= 0.6 is 0 Å². The van der Waals surface area contributed by atoms with Gasteiger partial charge in [0.2, 0.25) is 15.9 Å². The number of benzene rings is 4. The normalized spacial score (nSPS) is 14.7. The summed E-state index contributed by atoms with van der Waals surface area (Å²) in [6.07, 6.45) is 2.49. The van der Waals surface area contributed by atoms with Crippen LogP contribution in [0.3, 0.4) is 0 Å². The fraction of sp³-hybridized carbons (Fsp3) is 0.242. The van der Waals surface area contributed by atoms with Gasteiger partial charge in [-0.3, -0.25) is 9.52 Å². The third-order valence-electron chi connectivity index (χ3n) is 7.03. The van der Waals surface area contributed by atoms with E-state index in [4.69, 9.17) is 9.47 Å². The molecule has 0 aromatic heterocycles. The number of rotatable bonds is 12. The summed E-state index contributed by atoms with van der Waals surface area (Å²) in [4.78, 5) is 13.7. The molecule has 0 radical (unpaired) electrons. The number of carbonyl (C=O) groups excluding carboxylic acids is 1. The first kappa shape index (κ1) is 29.0. The van der Waals surface area contributed by atoms with Crippen LogP contribution in [0.2, 0.25) is 0 Å². The molecule has 2 N–H and O–H groups in total. The van der Waals surface area contributed by atoms with Crippen LogP contribution < -0.4 is 24.4 Å². The SMILES string of the molecule is Cc1c(NS(C)(=O)=O)cccc1N(Cc1ccccc1)Cc1ccc(Oc2cccc(OC[C@@H]3CCC(=O)N3)c2)cc1. The molecule has 8 nitrogen and oxygen atoms in total. The minimum Gasteiger partial charge on any atom is -0.491 e. The Morgan fingerprint density at radius 3 is 2.24 bits per heavy atom. The Labute approximate surface area is 247 Å². The van der Waals surface area contributed by atoms with E-state index in [1.807, 2.05) is 85.8 Å². The molecule has 1 fully saturated rings. The topological polar surface area (TPSA) is 97.0 Å². The number of ether oxygens (including phenoxy) is 2. The third kappa shape index (κ3) is 8.04. The summed E-state index contributed by atoms with van der Waals surface area (Å²) in [5, 5.41) is 2.91. The van der Waals surface area contributed by atoms with E-state index in [9.17, 15) is 13.2 Å². The molecule has 1 heterocycles. The average Bonchev–Trinajstić information content (AvgIpc) is 3.39. The predicted molar refractivity (Wildman–Crippen MR) is 166 cm³/mol. The number of carbonyl (C=O) groups is 1. The molecular formula is C33H35N3O5S. The fourth-order valence-corrected chi connectivity index (χ4v) is 5.57. The van der Waals surface area contributed by atoms with Crippen molar-refractivity contribution in [2.24, 2.45) is 0 Å². The molecule has 1 atom stereocenters. The Morgan fingerprint density at radius 1 is 0.857 bits per heavy atom. The van der Waals surface area contributed by atoms with Gasteiger partial charge in [-0.15, -0.1) is 0 Å². The molecule has 42 heavy (non-hydrogen) atoms. The van der Waals surface area contributed by atoms with Crippen LogP contribution in [0.15, 0.2) is 97.1 Å². The second kappa shape index (κ2) is 13.0. The monoisotopic (exact) mass is 585 g/mol. The highest BCUT2D eigenvalue weighted by Gasteiger charge is 2.21. The number of nitrogens with zero attached hydrogens (tertiary/aromatic N) is 1. The maximum atomic E-state index is 11.9. The first-order valence-electron chi connectivity index (χ1n) is 13.9. The van der Waals surface area contributed by atoms with Crippen LogP contribution in [-0.2, 0) is 27.9 Å². The van der Waals surface area contributed by atoms with Crippen LogP contribution in [0.4, 0.5) is 11.4 Å². The second-order valence-corrected chi connectivity index (χ2v) is 12.2. The van der Waals surface area contributed by atoms with Gasteiger partial charge in [0.15, 0.2) is 0 Å². The predicted octanol–water partition coefficient (Wildman–Crippen LogP) is 6.02. The molecular weight excluding hydrogens is 550 g/mol. The zero-order chi connectivity index (χ0) is 29.5. The van der Waals surface area contributed by atoms with Gasteiger partial charge in [0, 0.05) is 31.3 Å². The van der Waals surface area contributed by atoms with Crippen LogP contribution in [0.5, 0.6) is 17.2 Å². The Kier molecular flexibility index (Phi) is 8.97. The molecule has 5 rings (SSSR count). The lowest BCUT2D eigenvalue weighted by atomic mass is 10.1. The van der Waals surface area contributed by atoms with Crippen molar-refractivity contribution in [3.05, 3.63) is 114 Å². The molecule has 0 spiro atoms. The minimum atomic E-state index is -3.41. The van der Waals surface area contributed by atoms with E-state index in [-0.39, 0.29) is 11.9 Å². The van der Waals surface area contributed by atoms with Gasteiger partial charge in [-0.25, -0.2) is 8.42 Å². The van der Waals surface area contributed by atoms with Gasteiger partial charge in [0.25, 0.3) is 0 Å². The molecule has 1 aliphatic rings. The lowest BCUT2D eigenvalue weighted by Crippen LogP contribution is -2.30. The van der Waals surface area contributed by atoms with Crippen molar-refractivity contribution in [3.8, 4) is 17.2 Å². The minimum absolute atomic E-state index is 0.0401. The van der Waals surface area contributed by atoms with Gasteiger partial charge < -0.3 is 19.7 Å². The largest absolute Gasteiger partial charge is 0.491 e. The molecule has 0 unspecified atom stereocenters. The quantitative estimate of drug-likeness (QED) is 0.211. The highest BCUT2D eigenvalue weighted by Crippen LogP contribution is 2.31. The molecule has 0 saturated carbocycles. The smallest absolute Gasteiger partial charge is 0.229 e. The maximum absolute atomic E-state index is 11.9. The van der Waals surface area contributed by atoms with Crippen molar-refractivity contribution in [1.29, 1.82) is 0 Å². The summed E-state index contributed by atoms with van der Waals surface area (Å²) in [7, 11) is -3.41. The highest BCUT2D eigenvalue weighted by molar-refractivity contribution is 7.92. The van der Waals surface area contributed by atoms with E-state index in [1.165, 1.54) is 0 Å². The number of amides is 1. The molecule has 218 valence electrons. The molecule has 1 saturated heterocycles. The fourth-order valence-electron chi connectivity index (χ4n) is 4.95. The lowest BCUT2D eigenvalue weighted by Gasteiger charge is -2.28. The Morgan fingerprint density at radius 2 is 1.55 bits per heavy atom. The van der Waals surface area contributed by atoms with Gasteiger partial charge in [-0.1, -0.05) is 54.6 Å². The van der Waals surface area contributed by atoms with Gasteiger partial charge >= 0.3 is 0 Å². The number of sulfonamides is 1. The van der Waals surface area contributed by atoms with Crippen LogP contribution in [-0.4, -0.2) is 33.2 Å². The van der Waals surface area contributed by atoms with Crippen molar-refractivity contribution >= 4 is 27.3 Å². The highest BCUT2D eigenvalue weighted by atomic mass is 32.2. The van der Waals surface area contributed by atoms with Crippen LogP contribution in [0.1, 0.15) is 29.5 Å². The molecule has 0 aliphatic carbocycles. The summed E-state index contributed by atoms with van der Waals surface area (Å²) >= 11 is 0. The number of anilines is 2. The Balaban J connectivity index is 1.29. The van der Waals surface area contributed by atoms with Gasteiger partial charge in [0.1, 0.15) is 23.9 Å². The van der Waals surface area contributed by atoms with E-state index in [1.54, 1.807) is 6.07 Å². The number of hydrogen-bond acceptors (Lipinski definition) is 6. The lowest BCUT2D eigenvalue weighted by molar-refractivity contribution is -0.119. The van der Waals surface area contributed by atoms with Crippen molar-refractivity contribution in [2.75, 3.05) is 22.5 Å². The summed E-state index contributed by atoms with van der Waals surface area (Å²) in [6, 6.07) is 31.3. The molecule has 4 aromatic rings. The summed E-state index contributed by atoms with van der Waals surface area (Å²) in [6.45, 7) is 3.62. The van der Waals surface area contributed by atoms with Crippen molar-refractivity contribution in [1.82, 2.24) is 5.32 Å². The standard InChI is InChI=1S/C33H35N3O5S/c1-24-31(35-42(2,38)39)12-7-13-32(24)36(21-25-8-4-3-5-9-25)22-26-14-17-28(18-15-26)41-30-11-6-10-29(20-30)40-23-27-16-19-33(37)34-27/h3-15,17-18,20,27,35H,16,19,21-23H2,1-2H3,(H,34,37)/t27-/m0/s1. The molecule has 1 aliphatic heterocycles. The van der Waals surface area contributed by atoms with Gasteiger partial charge in [-0.05, 0) is 66.4 Å². The van der Waals surface area contributed by atoms with E-state index in [0.717, 1.165) is 35.1 Å². The summed E-state index contributed by atoms with van der Waals surface area (Å²) in [5.41, 5.74) is 4.60. The number of hydrogen-bond donors (Lipinski definition) is 2. The van der Waals surface area contributed by atoms with E-state index in [0.29, 0.717) is 49.1 Å². The van der Waals surface area contributed by atoms with Crippen molar-refractivity contribution in [3.63, 3.8) is 0 Å². The molecule has 1 amide bonds.